The summed E-state index contributed by atoms with van der Waals surface area (Å²) in [5.41, 5.74) is 2.25. The molecule has 0 bridgehead atoms. The molecule has 0 spiro atoms. The maximum atomic E-state index is 10.6. The van der Waals surface area contributed by atoms with Gasteiger partial charge in [-0.05, 0) is 30.7 Å². The number of hydrogen-bond donors (Lipinski definition) is 1. The van der Waals surface area contributed by atoms with Gasteiger partial charge in [0.1, 0.15) is 5.75 Å². The third kappa shape index (κ3) is 7.26. The molecule has 90 valence electrons. The van der Waals surface area contributed by atoms with Gasteiger partial charge in [-0.15, -0.1) is 0 Å². The first kappa shape index (κ1) is 16.3. The van der Waals surface area contributed by atoms with Crippen LogP contribution in [0.25, 0.3) is 0 Å². The van der Waals surface area contributed by atoms with Crippen molar-refractivity contribution in [3.63, 3.8) is 0 Å². The molecule has 1 amide bonds. The summed E-state index contributed by atoms with van der Waals surface area (Å²) >= 11 is 0. The Morgan fingerprint density at radius 2 is 1.82 bits per heavy atom. The van der Waals surface area contributed by atoms with Crippen molar-refractivity contribution in [3.8, 4) is 11.5 Å². The number of nitrogens with one attached hydrogen (secondary N) is 1. The predicted octanol–water partition coefficient (Wildman–Crippen LogP) is 1.65. The van der Waals surface area contributed by atoms with Crippen LogP contribution in [0.2, 0.25) is 0 Å². The molecule has 1 N–H and O–H groups in total. The Balaban J connectivity index is 0.00000256. The Hall–Kier alpha value is -0.710. The molecule has 1 aromatic carbocycles. The fraction of sp³-hybridized carbons (Fsp3) is 0.417. The van der Waals surface area contributed by atoms with Gasteiger partial charge in [-0.25, -0.2) is 0 Å². The van der Waals surface area contributed by atoms with Crippen molar-refractivity contribution in [2.75, 3.05) is 6.61 Å². The van der Waals surface area contributed by atoms with Crippen LogP contribution in [-0.4, -0.2) is 42.1 Å². The summed E-state index contributed by atoms with van der Waals surface area (Å²) < 4.78 is 5.48. The third-order valence-corrected chi connectivity index (χ3v) is 1.90. The van der Waals surface area contributed by atoms with Crippen LogP contribution in [0.15, 0.2) is 24.3 Å². The fourth-order valence-electron chi connectivity index (χ4n) is 1.07. The molecule has 1 rings (SSSR count). The van der Waals surface area contributed by atoms with Crippen molar-refractivity contribution < 1.29 is 14.4 Å². The van der Waals surface area contributed by atoms with Crippen molar-refractivity contribution in [1.29, 1.82) is 0 Å². The van der Waals surface area contributed by atoms with Crippen LogP contribution < -0.4 is 15.1 Å². The molecule has 0 aliphatic carbocycles. The van der Waals surface area contributed by atoms with Gasteiger partial charge in [0.25, 0.3) is 0 Å². The first-order valence-electron chi connectivity index (χ1n) is 5.38. The molecule has 0 unspecified atom stereocenters. The summed E-state index contributed by atoms with van der Waals surface area (Å²) in [6.45, 7) is 4.23. The van der Waals surface area contributed by atoms with Crippen molar-refractivity contribution in [3.05, 3.63) is 24.3 Å². The average Bonchev–Trinajstić information content (AvgIpc) is 2.28. The van der Waals surface area contributed by atoms with E-state index in [1.807, 2.05) is 12.1 Å². The number of ether oxygens (including phenoxy) is 1. The normalized spacial score (nSPS) is 9.06. The second-order valence-corrected chi connectivity index (χ2v) is 3.43. The van der Waals surface area contributed by atoms with Crippen molar-refractivity contribution in [1.82, 2.24) is 5.48 Å². The fourth-order valence-corrected chi connectivity index (χ4v) is 1.07. The van der Waals surface area contributed by atoms with Gasteiger partial charge in [-0.1, -0.05) is 13.3 Å². The van der Waals surface area contributed by atoms with E-state index in [1.165, 1.54) is 6.92 Å². The standard InChI is InChI=1S/C12H17NO3.Na.H/c1-3-4-9-15-11-5-7-12(8-6-11)16-13-10(2)14;;/h5-8H,3-4,9H2,1-2H3,(H,13,14);;. The maximum absolute atomic E-state index is 10.6. The van der Waals surface area contributed by atoms with Gasteiger partial charge in [0, 0.05) is 6.92 Å². The van der Waals surface area contributed by atoms with Crippen LogP contribution in [0.5, 0.6) is 11.5 Å². The number of hydrogen-bond acceptors (Lipinski definition) is 3. The zero-order valence-electron chi connectivity index (χ0n) is 9.66. The van der Waals surface area contributed by atoms with E-state index in [2.05, 4.69) is 12.4 Å². The first-order valence-corrected chi connectivity index (χ1v) is 5.38. The summed E-state index contributed by atoms with van der Waals surface area (Å²) in [4.78, 5) is 15.6. The van der Waals surface area contributed by atoms with Gasteiger partial charge < -0.3 is 9.57 Å². The van der Waals surface area contributed by atoms with Crippen LogP contribution >= 0.6 is 0 Å². The quantitative estimate of drug-likeness (QED) is 0.472. The van der Waals surface area contributed by atoms with Crippen molar-refractivity contribution in [2.45, 2.75) is 26.7 Å². The molecule has 1 aromatic rings. The first-order chi connectivity index (χ1) is 7.72. The zero-order valence-corrected chi connectivity index (χ0v) is 9.66. The Labute approximate surface area is 124 Å². The van der Waals surface area contributed by atoms with Crippen LogP contribution in [0.4, 0.5) is 0 Å². The second-order valence-electron chi connectivity index (χ2n) is 3.43. The second kappa shape index (κ2) is 9.33. The molecule has 0 fully saturated rings. The van der Waals surface area contributed by atoms with Gasteiger partial charge in [0.2, 0.25) is 5.91 Å². The summed E-state index contributed by atoms with van der Waals surface area (Å²) in [6, 6.07) is 7.12. The van der Waals surface area contributed by atoms with Gasteiger partial charge in [-0.2, -0.15) is 5.48 Å². The van der Waals surface area contributed by atoms with E-state index in [-0.39, 0.29) is 35.5 Å². The topological polar surface area (TPSA) is 47.6 Å². The molecule has 0 aliphatic heterocycles. The van der Waals surface area contributed by atoms with Crippen LogP contribution in [0.3, 0.4) is 0 Å². The molecule has 0 radical (unpaired) electrons. The number of benzene rings is 1. The molecule has 5 heteroatoms. The monoisotopic (exact) mass is 247 g/mol. The minimum atomic E-state index is -0.233. The molecular weight excluding hydrogens is 229 g/mol. The zero-order chi connectivity index (χ0) is 11.8. The number of carbonyl (C=O) groups is 1. The SMILES string of the molecule is CCCCOc1ccc(ONC(C)=O)cc1.[NaH]. The van der Waals surface area contributed by atoms with Crippen LogP contribution in [-0.2, 0) is 4.79 Å². The minimum absolute atomic E-state index is 0. The Morgan fingerprint density at radius 1 is 1.24 bits per heavy atom. The van der Waals surface area contributed by atoms with E-state index >= 15 is 0 Å². The predicted molar refractivity (Wildman–Crippen MR) is 68.4 cm³/mol. The Morgan fingerprint density at radius 3 is 2.35 bits per heavy atom. The van der Waals surface area contributed by atoms with Crippen molar-refractivity contribution >= 4 is 35.5 Å². The molecule has 0 atom stereocenters. The Kier molecular flexibility index (Phi) is 8.94. The molecule has 0 saturated heterocycles. The average molecular weight is 247 g/mol. The molecule has 0 aliphatic rings. The van der Waals surface area contributed by atoms with Gasteiger partial charge in [0.05, 0.1) is 6.61 Å². The van der Waals surface area contributed by atoms with E-state index in [1.54, 1.807) is 12.1 Å². The number of amides is 1. The van der Waals surface area contributed by atoms with Crippen LogP contribution in [0, 0.1) is 0 Å². The van der Waals surface area contributed by atoms with E-state index in [0.29, 0.717) is 5.75 Å². The molecule has 0 saturated carbocycles. The van der Waals surface area contributed by atoms with E-state index in [9.17, 15) is 4.79 Å². The van der Waals surface area contributed by atoms with Crippen molar-refractivity contribution in [2.24, 2.45) is 0 Å². The Bertz CT molecular complexity index is 327. The summed E-state index contributed by atoms with van der Waals surface area (Å²) in [5, 5.41) is 0. The third-order valence-electron chi connectivity index (χ3n) is 1.90. The molecular formula is C12H18NNaO3. The molecule has 0 heterocycles. The van der Waals surface area contributed by atoms with Gasteiger partial charge >= 0.3 is 29.6 Å². The van der Waals surface area contributed by atoms with Gasteiger partial charge in [-0.3, -0.25) is 4.79 Å². The summed E-state index contributed by atoms with van der Waals surface area (Å²) in [5.74, 6) is 1.16. The number of rotatable bonds is 6. The van der Waals surface area contributed by atoms with E-state index in [0.717, 1.165) is 25.2 Å². The summed E-state index contributed by atoms with van der Waals surface area (Å²) in [6.07, 6.45) is 2.16. The number of unbranched alkanes of at least 4 members (excludes halogenated alkanes) is 1. The van der Waals surface area contributed by atoms with E-state index in [4.69, 9.17) is 9.57 Å². The molecule has 4 nitrogen and oxygen atoms in total. The number of carbonyl (C=O) groups excluding carboxylic acids is 1. The van der Waals surface area contributed by atoms with Gasteiger partial charge in [0.15, 0.2) is 5.75 Å². The number of hydroxylamine groups is 1. The summed E-state index contributed by atoms with van der Waals surface area (Å²) in [7, 11) is 0. The molecule has 17 heavy (non-hydrogen) atoms. The molecule has 0 aromatic heterocycles. The van der Waals surface area contributed by atoms with E-state index < -0.39 is 0 Å². The van der Waals surface area contributed by atoms with Crippen LogP contribution in [0.1, 0.15) is 26.7 Å².